The second-order valence-electron chi connectivity index (χ2n) is 3.31. The first-order valence-electron chi connectivity index (χ1n) is 4.98. The van der Waals surface area contributed by atoms with E-state index in [4.69, 9.17) is 0 Å². The maximum atomic E-state index is 13.0. The van der Waals surface area contributed by atoms with Crippen molar-refractivity contribution in [3.8, 4) is 0 Å². The van der Waals surface area contributed by atoms with Gasteiger partial charge in [0, 0.05) is 6.04 Å². The molecule has 0 aliphatic rings. The Balaban J connectivity index is 2.89. The smallest absolute Gasteiger partial charge is 0.159 e. The monoisotopic (exact) mass is 211 g/mol. The highest BCUT2D eigenvalue weighted by molar-refractivity contribution is 5.21. The third-order valence-electron chi connectivity index (χ3n) is 2.20. The van der Waals surface area contributed by atoms with Gasteiger partial charge in [-0.3, -0.25) is 0 Å². The Morgan fingerprint density at radius 2 is 2.13 bits per heavy atom. The highest BCUT2D eigenvalue weighted by atomic mass is 19.2. The van der Waals surface area contributed by atoms with Gasteiger partial charge in [0.15, 0.2) is 11.6 Å². The van der Waals surface area contributed by atoms with Crippen molar-refractivity contribution in [3.05, 3.63) is 48.1 Å². The number of hydrogen-bond acceptors (Lipinski definition) is 1. The van der Waals surface area contributed by atoms with Gasteiger partial charge in [0.05, 0.1) is 0 Å². The lowest BCUT2D eigenvalue weighted by Gasteiger charge is -2.16. The first kappa shape index (κ1) is 11.9. The van der Waals surface area contributed by atoms with Gasteiger partial charge in [-0.15, -0.1) is 6.58 Å². The van der Waals surface area contributed by atoms with E-state index in [1.807, 2.05) is 6.92 Å². The van der Waals surface area contributed by atoms with Gasteiger partial charge in [-0.25, -0.2) is 8.78 Å². The first-order chi connectivity index (χ1) is 7.19. The fraction of sp³-hybridized carbons (Fsp3) is 0.333. The van der Waals surface area contributed by atoms with Crippen LogP contribution in [0.25, 0.3) is 0 Å². The predicted molar refractivity (Wildman–Crippen MR) is 57.6 cm³/mol. The van der Waals surface area contributed by atoms with Gasteiger partial charge >= 0.3 is 0 Å². The molecule has 0 aliphatic carbocycles. The molecule has 3 heteroatoms. The molecular formula is C12H15F2N. The zero-order chi connectivity index (χ0) is 11.3. The second kappa shape index (κ2) is 5.61. The van der Waals surface area contributed by atoms with Gasteiger partial charge in [0.2, 0.25) is 0 Å². The molecule has 0 saturated heterocycles. The van der Waals surface area contributed by atoms with E-state index in [1.54, 1.807) is 12.1 Å². The molecule has 1 rings (SSSR count). The number of halogens is 2. The van der Waals surface area contributed by atoms with Crippen LogP contribution >= 0.6 is 0 Å². The molecule has 1 N–H and O–H groups in total. The molecule has 0 aromatic heterocycles. The molecule has 0 spiro atoms. The van der Waals surface area contributed by atoms with Crippen LogP contribution in [0.15, 0.2) is 30.9 Å². The number of rotatable bonds is 5. The van der Waals surface area contributed by atoms with Crippen molar-refractivity contribution in [1.82, 2.24) is 5.32 Å². The third kappa shape index (κ3) is 3.13. The molecule has 0 saturated carbocycles. The van der Waals surface area contributed by atoms with Gasteiger partial charge in [0.25, 0.3) is 0 Å². The quantitative estimate of drug-likeness (QED) is 0.737. The van der Waals surface area contributed by atoms with Crippen LogP contribution in [0.1, 0.15) is 24.9 Å². The third-order valence-corrected chi connectivity index (χ3v) is 2.20. The molecule has 0 amide bonds. The average Bonchev–Trinajstić information content (AvgIpc) is 2.22. The zero-order valence-corrected chi connectivity index (χ0v) is 8.76. The largest absolute Gasteiger partial charge is 0.310 e. The van der Waals surface area contributed by atoms with Gasteiger partial charge < -0.3 is 5.32 Å². The summed E-state index contributed by atoms with van der Waals surface area (Å²) in [5.74, 6) is -1.62. The minimum Gasteiger partial charge on any atom is -0.310 e. The lowest BCUT2D eigenvalue weighted by atomic mass is 10.0. The van der Waals surface area contributed by atoms with Crippen LogP contribution in [-0.4, -0.2) is 6.54 Å². The van der Waals surface area contributed by atoms with E-state index in [0.29, 0.717) is 6.42 Å². The molecule has 0 bridgehead atoms. The molecule has 0 fully saturated rings. The van der Waals surface area contributed by atoms with Crippen LogP contribution in [0, 0.1) is 11.6 Å². The van der Waals surface area contributed by atoms with Crippen molar-refractivity contribution in [2.45, 2.75) is 19.4 Å². The van der Waals surface area contributed by atoms with E-state index in [1.165, 1.54) is 6.07 Å². The SMILES string of the molecule is C=CCC(NCC)c1ccc(F)c(F)c1. The van der Waals surface area contributed by atoms with Crippen molar-refractivity contribution in [3.63, 3.8) is 0 Å². The first-order valence-corrected chi connectivity index (χ1v) is 4.98. The summed E-state index contributed by atoms with van der Waals surface area (Å²) in [4.78, 5) is 0. The standard InChI is InChI=1S/C12H15F2N/c1-3-5-12(15-4-2)9-6-7-10(13)11(14)8-9/h3,6-8,12,15H,1,4-5H2,2H3. The minimum absolute atomic E-state index is 0.00241. The molecule has 1 atom stereocenters. The van der Waals surface area contributed by atoms with Gasteiger partial charge in [-0.2, -0.15) is 0 Å². The summed E-state index contributed by atoms with van der Waals surface area (Å²) in [7, 11) is 0. The normalized spacial score (nSPS) is 12.5. The molecule has 1 aromatic rings. The summed E-state index contributed by atoms with van der Waals surface area (Å²) in [5.41, 5.74) is 0.746. The summed E-state index contributed by atoms with van der Waals surface area (Å²) in [6, 6.07) is 3.97. The highest BCUT2D eigenvalue weighted by Crippen LogP contribution is 2.19. The molecule has 1 unspecified atom stereocenters. The van der Waals surface area contributed by atoms with Gasteiger partial charge in [-0.05, 0) is 30.7 Å². The molecular weight excluding hydrogens is 196 g/mol. The van der Waals surface area contributed by atoms with Crippen LogP contribution < -0.4 is 5.32 Å². The Morgan fingerprint density at radius 1 is 1.40 bits per heavy atom. The maximum absolute atomic E-state index is 13.0. The van der Waals surface area contributed by atoms with Crippen molar-refractivity contribution < 1.29 is 8.78 Å². The van der Waals surface area contributed by atoms with Crippen LogP contribution in [0.5, 0.6) is 0 Å². The van der Waals surface area contributed by atoms with Crippen LogP contribution in [0.2, 0.25) is 0 Å². The Hall–Kier alpha value is -1.22. The predicted octanol–water partition coefficient (Wildman–Crippen LogP) is 3.19. The van der Waals surface area contributed by atoms with E-state index in [-0.39, 0.29) is 6.04 Å². The van der Waals surface area contributed by atoms with E-state index in [0.717, 1.165) is 18.2 Å². The molecule has 0 radical (unpaired) electrons. The van der Waals surface area contributed by atoms with Crippen molar-refractivity contribution >= 4 is 0 Å². The fourth-order valence-corrected chi connectivity index (χ4v) is 1.48. The Morgan fingerprint density at radius 3 is 2.67 bits per heavy atom. The lowest BCUT2D eigenvalue weighted by Crippen LogP contribution is -2.20. The van der Waals surface area contributed by atoms with E-state index >= 15 is 0 Å². The van der Waals surface area contributed by atoms with Crippen molar-refractivity contribution in [2.75, 3.05) is 6.54 Å². The number of nitrogens with one attached hydrogen (secondary N) is 1. The molecule has 0 heterocycles. The van der Waals surface area contributed by atoms with E-state index in [9.17, 15) is 8.78 Å². The van der Waals surface area contributed by atoms with Crippen molar-refractivity contribution in [2.24, 2.45) is 0 Å². The zero-order valence-electron chi connectivity index (χ0n) is 8.76. The molecule has 1 nitrogen and oxygen atoms in total. The van der Waals surface area contributed by atoms with Crippen LogP contribution in [0.3, 0.4) is 0 Å². The Bertz CT molecular complexity index is 336. The highest BCUT2D eigenvalue weighted by Gasteiger charge is 2.10. The summed E-state index contributed by atoms with van der Waals surface area (Å²) in [6.45, 7) is 6.38. The minimum atomic E-state index is -0.812. The fourth-order valence-electron chi connectivity index (χ4n) is 1.48. The Kier molecular flexibility index (Phi) is 4.43. The lowest BCUT2D eigenvalue weighted by molar-refractivity contribution is 0.498. The summed E-state index contributed by atoms with van der Waals surface area (Å²) < 4.78 is 25.7. The summed E-state index contributed by atoms with van der Waals surface area (Å²) >= 11 is 0. The summed E-state index contributed by atoms with van der Waals surface area (Å²) in [5, 5.41) is 3.19. The van der Waals surface area contributed by atoms with Gasteiger partial charge in [-0.1, -0.05) is 19.1 Å². The van der Waals surface area contributed by atoms with Crippen LogP contribution in [-0.2, 0) is 0 Å². The topological polar surface area (TPSA) is 12.0 Å². The molecule has 15 heavy (non-hydrogen) atoms. The van der Waals surface area contributed by atoms with E-state index in [2.05, 4.69) is 11.9 Å². The number of benzene rings is 1. The molecule has 1 aromatic carbocycles. The maximum Gasteiger partial charge on any atom is 0.159 e. The summed E-state index contributed by atoms with van der Waals surface area (Å²) in [6.07, 6.45) is 2.45. The molecule has 0 aliphatic heterocycles. The van der Waals surface area contributed by atoms with Crippen LogP contribution in [0.4, 0.5) is 8.78 Å². The number of hydrogen-bond donors (Lipinski definition) is 1. The van der Waals surface area contributed by atoms with Crippen molar-refractivity contribution in [1.29, 1.82) is 0 Å². The van der Waals surface area contributed by atoms with E-state index < -0.39 is 11.6 Å². The Labute approximate surface area is 88.8 Å². The second-order valence-corrected chi connectivity index (χ2v) is 3.31. The van der Waals surface area contributed by atoms with Gasteiger partial charge in [0.1, 0.15) is 0 Å². The molecule has 82 valence electrons. The average molecular weight is 211 g/mol.